The Morgan fingerprint density at radius 1 is 1.15 bits per heavy atom. The summed E-state index contributed by atoms with van der Waals surface area (Å²) in [5.41, 5.74) is 0.642. The van der Waals surface area contributed by atoms with Crippen LogP contribution in [0, 0.1) is 0 Å². The summed E-state index contributed by atoms with van der Waals surface area (Å²) in [5, 5.41) is 18.9. The molecule has 0 bridgehead atoms. The van der Waals surface area contributed by atoms with Gasteiger partial charge in [-0.2, -0.15) is 0 Å². The number of hydrogen-bond donors (Lipinski definition) is 2. The van der Waals surface area contributed by atoms with Gasteiger partial charge in [-0.15, -0.1) is 11.8 Å². The molecule has 11 nitrogen and oxygen atoms in total. The van der Waals surface area contributed by atoms with Crippen molar-refractivity contribution in [3.05, 3.63) is 28.5 Å². The molecular weight excluding hydrogens is 492 g/mol. The van der Waals surface area contributed by atoms with E-state index in [1.54, 1.807) is 16.7 Å². The van der Waals surface area contributed by atoms with E-state index in [1.165, 1.54) is 11.8 Å². The van der Waals surface area contributed by atoms with Crippen molar-refractivity contribution in [1.29, 1.82) is 0 Å². The monoisotopic (exact) mass is 514 g/mol. The lowest BCUT2D eigenvalue weighted by Crippen LogP contribution is -2.14. The van der Waals surface area contributed by atoms with Crippen molar-refractivity contribution < 1.29 is 43.5 Å². The number of thioether (sulfide) groups is 1. The summed E-state index contributed by atoms with van der Waals surface area (Å²) >= 11 is 7.77. The van der Waals surface area contributed by atoms with Crippen LogP contribution < -0.4 is 14.2 Å². The van der Waals surface area contributed by atoms with Gasteiger partial charge >= 0.3 is 12.1 Å². The van der Waals surface area contributed by atoms with Gasteiger partial charge in [-0.1, -0.05) is 18.0 Å². The molecule has 1 aromatic carbocycles. The largest absolute Gasteiger partial charge is 0.512 e. The van der Waals surface area contributed by atoms with E-state index in [-0.39, 0.29) is 25.6 Å². The van der Waals surface area contributed by atoms with Crippen LogP contribution in [0.5, 0.6) is 17.4 Å². The fourth-order valence-electron chi connectivity index (χ4n) is 3.52. The zero-order valence-corrected chi connectivity index (χ0v) is 19.6. The lowest BCUT2D eigenvalue weighted by Gasteiger charge is -2.15. The molecule has 34 heavy (non-hydrogen) atoms. The molecule has 2 aliphatic heterocycles. The van der Waals surface area contributed by atoms with Crippen LogP contribution in [-0.2, 0) is 20.8 Å². The number of carboxylic acid groups (broad SMARTS) is 2. The third kappa shape index (κ3) is 5.87. The normalized spacial score (nSPS) is 15.1. The Hall–Kier alpha value is -2.67. The number of fused-ring (bicyclic) bond motifs is 1. The maximum absolute atomic E-state index is 11.5. The van der Waals surface area contributed by atoms with Crippen LogP contribution in [0.4, 0.5) is 4.79 Å². The fraction of sp³-hybridized carbons (Fsp3) is 0.476. The lowest BCUT2D eigenvalue weighted by molar-refractivity contribution is -0.137. The van der Waals surface area contributed by atoms with E-state index in [2.05, 4.69) is 4.98 Å². The lowest BCUT2D eigenvalue weighted by atomic mass is 10.2. The third-order valence-electron chi connectivity index (χ3n) is 5.08. The van der Waals surface area contributed by atoms with Crippen LogP contribution in [-0.4, -0.2) is 57.6 Å². The molecule has 0 atom stereocenters. The Morgan fingerprint density at radius 3 is 2.59 bits per heavy atom. The van der Waals surface area contributed by atoms with Crippen LogP contribution in [0.25, 0.3) is 0 Å². The van der Waals surface area contributed by atoms with Gasteiger partial charge in [-0.05, 0) is 30.2 Å². The molecule has 0 amide bonds. The molecule has 1 aromatic heterocycles. The van der Waals surface area contributed by atoms with Crippen molar-refractivity contribution in [2.24, 2.45) is 0 Å². The van der Waals surface area contributed by atoms with Gasteiger partial charge in [0.15, 0.2) is 22.3 Å². The number of halogens is 1. The van der Waals surface area contributed by atoms with Gasteiger partial charge in [0.25, 0.3) is 0 Å². The van der Waals surface area contributed by atoms with E-state index in [1.807, 2.05) is 0 Å². The number of nitrogens with zero attached hydrogens (tertiary/aromatic N) is 2. The zero-order valence-electron chi connectivity index (χ0n) is 18.0. The number of hydrogen-bond acceptors (Lipinski definition) is 9. The molecule has 0 unspecified atom stereocenters. The summed E-state index contributed by atoms with van der Waals surface area (Å²) in [6.07, 6.45) is -0.125. The van der Waals surface area contributed by atoms with Crippen molar-refractivity contribution in [1.82, 2.24) is 9.55 Å². The first-order valence-corrected chi connectivity index (χ1v) is 12.0. The number of unbranched alkanes of at least 4 members (excludes halogenated alkanes) is 2. The summed E-state index contributed by atoms with van der Waals surface area (Å²) in [4.78, 5) is 26.8. The number of benzene rings is 1. The highest BCUT2D eigenvalue weighted by Crippen LogP contribution is 2.40. The van der Waals surface area contributed by atoms with E-state index >= 15 is 0 Å². The summed E-state index contributed by atoms with van der Waals surface area (Å²) in [6, 6.07) is 3.37. The van der Waals surface area contributed by atoms with Crippen LogP contribution in [0.15, 0.2) is 17.2 Å². The Morgan fingerprint density at radius 2 is 1.88 bits per heavy atom. The van der Waals surface area contributed by atoms with Gasteiger partial charge in [0.05, 0.1) is 19.8 Å². The second kappa shape index (κ2) is 11.2. The van der Waals surface area contributed by atoms with E-state index < -0.39 is 18.4 Å². The number of carboxylic acids is 1. The van der Waals surface area contributed by atoms with Gasteiger partial charge in [-0.25, -0.2) is 9.78 Å². The number of imidazole rings is 1. The molecule has 0 aliphatic carbocycles. The van der Waals surface area contributed by atoms with Crippen molar-refractivity contribution in [3.63, 3.8) is 0 Å². The minimum Gasteiger partial charge on any atom is -0.481 e. The molecule has 1 fully saturated rings. The number of aromatic nitrogens is 2. The smallest absolute Gasteiger partial charge is 0.481 e. The molecule has 1 saturated heterocycles. The van der Waals surface area contributed by atoms with Crippen molar-refractivity contribution in [3.8, 4) is 17.4 Å². The maximum atomic E-state index is 11.5. The Labute approximate surface area is 203 Å². The van der Waals surface area contributed by atoms with Crippen LogP contribution in [0.2, 0.25) is 5.02 Å². The second-order valence-electron chi connectivity index (χ2n) is 7.46. The Kier molecular flexibility index (Phi) is 8.03. The number of ether oxygens (including phenoxy) is 5. The highest BCUT2D eigenvalue weighted by molar-refractivity contribution is 7.99. The van der Waals surface area contributed by atoms with E-state index in [9.17, 15) is 14.7 Å². The molecular formula is C21H23ClN2O9S. The molecule has 2 aromatic rings. The summed E-state index contributed by atoms with van der Waals surface area (Å²) in [5.74, 6) is 1.23. The van der Waals surface area contributed by atoms with Crippen LogP contribution in [0.1, 0.15) is 43.4 Å². The molecule has 184 valence electrons. The van der Waals surface area contributed by atoms with Crippen molar-refractivity contribution in [2.45, 2.75) is 43.5 Å². The van der Waals surface area contributed by atoms with Crippen molar-refractivity contribution in [2.75, 3.05) is 25.8 Å². The third-order valence-corrected chi connectivity index (χ3v) is 6.47. The first-order chi connectivity index (χ1) is 16.4. The van der Waals surface area contributed by atoms with Crippen LogP contribution in [0.3, 0.4) is 0 Å². The zero-order chi connectivity index (χ0) is 24.1. The van der Waals surface area contributed by atoms with Gasteiger partial charge in [-0.3, -0.25) is 9.36 Å². The minimum absolute atomic E-state index is 0.0332. The van der Waals surface area contributed by atoms with Gasteiger partial charge in [0.2, 0.25) is 19.0 Å². The topological polar surface area (TPSA) is 139 Å². The van der Waals surface area contributed by atoms with Gasteiger partial charge < -0.3 is 33.9 Å². The average Bonchev–Trinajstić information content (AvgIpc) is 3.52. The summed E-state index contributed by atoms with van der Waals surface area (Å²) in [7, 11) is 0. The highest BCUT2D eigenvalue weighted by atomic mass is 35.5. The maximum Gasteiger partial charge on any atom is 0.512 e. The number of rotatable bonds is 11. The van der Waals surface area contributed by atoms with Gasteiger partial charge in [0.1, 0.15) is 0 Å². The summed E-state index contributed by atoms with van der Waals surface area (Å²) < 4.78 is 28.7. The van der Waals surface area contributed by atoms with Crippen molar-refractivity contribution >= 4 is 35.5 Å². The Balaban J connectivity index is 1.60. The second-order valence-corrected chi connectivity index (χ2v) is 8.95. The molecule has 2 N–H and O–H groups in total. The minimum atomic E-state index is -1.49. The molecule has 0 saturated carbocycles. The molecule has 0 spiro atoms. The molecule has 13 heteroatoms. The van der Waals surface area contributed by atoms with E-state index in [0.29, 0.717) is 58.3 Å². The average molecular weight is 515 g/mol. The highest BCUT2D eigenvalue weighted by Gasteiger charge is 2.31. The Bertz CT molecular complexity index is 1060. The quantitative estimate of drug-likeness (QED) is 0.254. The number of carbonyl (C=O) groups is 2. The number of aliphatic carboxylic acids is 1. The predicted octanol–water partition coefficient (Wildman–Crippen LogP) is 4.15. The first kappa shape index (κ1) is 24.5. The predicted molar refractivity (Wildman–Crippen MR) is 119 cm³/mol. The van der Waals surface area contributed by atoms with Gasteiger partial charge in [0, 0.05) is 17.5 Å². The van der Waals surface area contributed by atoms with E-state index in [0.717, 1.165) is 12.8 Å². The standard InChI is InChI=1S/C21H23ClN2O9S/c22-13-9-15-14(31-11-32-15)8-12(13)10-24-17(20-29-5-6-30-20)23-18(19(24)33-21(27)28)34-7-3-1-2-4-16(25)26/h8-9,20H,1-7,10-11H2,(H,25,26)(H,27,28). The van der Waals surface area contributed by atoms with E-state index in [4.69, 9.17) is 40.4 Å². The fourth-order valence-corrected chi connectivity index (χ4v) is 4.71. The molecule has 3 heterocycles. The SMILES string of the molecule is O=C(O)CCCCCSc1nc(C2OCCO2)n(Cc2cc3c(cc2Cl)OCO3)c1OC(=O)O. The molecule has 4 rings (SSSR count). The summed E-state index contributed by atoms with van der Waals surface area (Å²) in [6.45, 7) is 0.978. The van der Waals surface area contributed by atoms with Crippen LogP contribution >= 0.6 is 23.4 Å². The molecule has 0 radical (unpaired) electrons. The first-order valence-electron chi connectivity index (χ1n) is 10.6. The molecule has 2 aliphatic rings.